The van der Waals surface area contributed by atoms with E-state index >= 15 is 0 Å². The molecule has 2 heterocycles. The Bertz CT molecular complexity index is 892. The Balaban J connectivity index is 1.32. The van der Waals surface area contributed by atoms with Gasteiger partial charge in [0.15, 0.2) is 0 Å². The Morgan fingerprint density at radius 3 is 2.37 bits per heavy atom. The van der Waals surface area contributed by atoms with Crippen molar-refractivity contribution in [2.45, 2.75) is 19.4 Å². The van der Waals surface area contributed by atoms with Gasteiger partial charge in [0.1, 0.15) is 0 Å². The maximum Gasteiger partial charge on any atom is 0.261 e. The van der Waals surface area contributed by atoms with Gasteiger partial charge in [-0.15, -0.1) is 0 Å². The molecule has 0 aromatic heterocycles. The first-order valence-corrected chi connectivity index (χ1v) is 10.2. The Kier molecular flexibility index (Phi) is 4.74. The van der Waals surface area contributed by atoms with E-state index in [9.17, 15) is 14.4 Å². The van der Waals surface area contributed by atoms with Crippen molar-refractivity contribution < 1.29 is 14.4 Å². The number of carbonyl (C=O) groups is 3. The lowest BCUT2D eigenvalue weighted by molar-refractivity contribution is -0.116. The average molecular weight is 380 g/mol. The maximum absolute atomic E-state index is 12.7. The van der Waals surface area contributed by atoms with E-state index in [2.05, 4.69) is 13.0 Å². The van der Waals surface area contributed by atoms with E-state index in [-0.39, 0.29) is 23.8 Å². The molecule has 2 aliphatic heterocycles. The van der Waals surface area contributed by atoms with E-state index in [0.717, 1.165) is 12.1 Å². The van der Waals surface area contributed by atoms with E-state index in [1.807, 2.05) is 23.1 Å². The summed E-state index contributed by atoms with van der Waals surface area (Å²) in [6.07, 6.45) is 0.877. The van der Waals surface area contributed by atoms with Gasteiger partial charge in [-0.2, -0.15) is 11.8 Å². The number of rotatable bonds is 5. The molecule has 0 spiro atoms. The van der Waals surface area contributed by atoms with Crippen LogP contribution in [0.25, 0.3) is 0 Å². The van der Waals surface area contributed by atoms with Crippen LogP contribution in [0.4, 0.5) is 5.69 Å². The second-order valence-electron chi connectivity index (χ2n) is 6.81. The van der Waals surface area contributed by atoms with Crippen LogP contribution in [0.1, 0.15) is 33.2 Å². The molecule has 0 aliphatic carbocycles. The van der Waals surface area contributed by atoms with Crippen molar-refractivity contribution in [1.82, 2.24) is 4.90 Å². The zero-order chi connectivity index (χ0) is 19.0. The highest BCUT2D eigenvalue weighted by Crippen LogP contribution is 2.32. The lowest BCUT2D eigenvalue weighted by Gasteiger charge is -2.22. The van der Waals surface area contributed by atoms with Crippen molar-refractivity contribution in [3.8, 4) is 0 Å². The van der Waals surface area contributed by atoms with Crippen molar-refractivity contribution in [1.29, 1.82) is 0 Å². The van der Waals surface area contributed by atoms with Crippen LogP contribution in [0.3, 0.4) is 0 Å². The fraction of sp³-hybridized carbons (Fsp3) is 0.286. The number of amides is 3. The van der Waals surface area contributed by atoms with Crippen LogP contribution in [-0.4, -0.2) is 46.7 Å². The molecule has 0 radical (unpaired) electrons. The highest BCUT2D eigenvalue weighted by atomic mass is 32.2. The van der Waals surface area contributed by atoms with Crippen LogP contribution < -0.4 is 4.90 Å². The minimum absolute atomic E-state index is 0.0693. The summed E-state index contributed by atoms with van der Waals surface area (Å²) in [5.41, 5.74) is 3.13. The molecule has 138 valence electrons. The van der Waals surface area contributed by atoms with Gasteiger partial charge in [0.05, 0.1) is 16.9 Å². The SMILES string of the molecule is C[C@@H]1Cc2ccccc2N1C(=O)CSCCN1C(=O)c2ccccc2C1=O. The van der Waals surface area contributed by atoms with Crippen molar-refractivity contribution in [2.24, 2.45) is 0 Å². The molecule has 4 rings (SSSR count). The van der Waals surface area contributed by atoms with Crippen LogP contribution >= 0.6 is 11.8 Å². The summed E-state index contributed by atoms with van der Waals surface area (Å²) in [7, 11) is 0. The molecule has 0 bridgehead atoms. The third-order valence-corrected chi connectivity index (χ3v) is 5.96. The Hall–Kier alpha value is -2.60. The number of nitrogens with zero attached hydrogens (tertiary/aromatic N) is 2. The topological polar surface area (TPSA) is 57.7 Å². The molecule has 27 heavy (non-hydrogen) atoms. The second kappa shape index (κ2) is 7.19. The number of thioether (sulfide) groups is 1. The number of carbonyl (C=O) groups excluding carboxylic acids is 3. The zero-order valence-electron chi connectivity index (χ0n) is 15.1. The summed E-state index contributed by atoms with van der Waals surface area (Å²) in [5, 5.41) is 0. The molecule has 6 heteroatoms. The fourth-order valence-corrected chi connectivity index (χ4v) is 4.54. The van der Waals surface area contributed by atoms with E-state index < -0.39 is 0 Å². The first-order valence-electron chi connectivity index (χ1n) is 9.01. The molecule has 0 fully saturated rings. The van der Waals surface area contributed by atoms with Gasteiger partial charge in [-0.3, -0.25) is 19.3 Å². The van der Waals surface area contributed by atoms with Gasteiger partial charge in [-0.05, 0) is 37.1 Å². The molecule has 0 N–H and O–H groups in total. The van der Waals surface area contributed by atoms with Gasteiger partial charge in [-0.25, -0.2) is 0 Å². The monoisotopic (exact) mass is 380 g/mol. The highest BCUT2D eigenvalue weighted by Gasteiger charge is 2.35. The molecule has 3 amide bonds. The van der Waals surface area contributed by atoms with Crippen molar-refractivity contribution in [3.63, 3.8) is 0 Å². The molecule has 1 atom stereocenters. The predicted octanol–water partition coefficient (Wildman–Crippen LogP) is 2.99. The van der Waals surface area contributed by atoms with E-state index in [1.165, 1.54) is 22.2 Å². The largest absolute Gasteiger partial charge is 0.308 e. The summed E-state index contributed by atoms with van der Waals surface area (Å²) in [5.74, 6) is 0.456. The Labute approximate surface area is 162 Å². The van der Waals surface area contributed by atoms with Crippen LogP contribution in [-0.2, 0) is 11.2 Å². The van der Waals surface area contributed by atoms with Gasteiger partial charge in [-0.1, -0.05) is 30.3 Å². The predicted molar refractivity (Wildman–Crippen MR) is 106 cm³/mol. The molecule has 2 aromatic carbocycles. The van der Waals surface area contributed by atoms with E-state index in [4.69, 9.17) is 0 Å². The maximum atomic E-state index is 12.7. The minimum Gasteiger partial charge on any atom is -0.308 e. The highest BCUT2D eigenvalue weighted by molar-refractivity contribution is 7.99. The zero-order valence-corrected chi connectivity index (χ0v) is 15.9. The normalized spacial score (nSPS) is 18.0. The summed E-state index contributed by atoms with van der Waals surface area (Å²) < 4.78 is 0. The molecule has 0 saturated heterocycles. The number of imide groups is 1. The third kappa shape index (κ3) is 3.14. The van der Waals surface area contributed by atoms with Gasteiger partial charge in [0.25, 0.3) is 11.8 Å². The van der Waals surface area contributed by atoms with Crippen LogP contribution in [0.2, 0.25) is 0 Å². The number of hydrogen-bond acceptors (Lipinski definition) is 4. The lowest BCUT2D eigenvalue weighted by Crippen LogP contribution is -2.37. The molecule has 2 aromatic rings. The first kappa shape index (κ1) is 17.8. The molecule has 0 saturated carbocycles. The van der Waals surface area contributed by atoms with E-state index in [1.54, 1.807) is 24.3 Å². The number of anilines is 1. The molecule has 2 aliphatic rings. The fourth-order valence-electron chi connectivity index (χ4n) is 3.77. The van der Waals surface area contributed by atoms with Gasteiger partial charge >= 0.3 is 0 Å². The van der Waals surface area contributed by atoms with Crippen molar-refractivity contribution >= 4 is 35.2 Å². The number of fused-ring (bicyclic) bond motifs is 2. The quantitative estimate of drug-likeness (QED) is 0.591. The van der Waals surface area contributed by atoms with Gasteiger partial charge in [0.2, 0.25) is 5.91 Å². The standard InChI is InChI=1S/C21H20N2O3S/c1-14-12-15-6-2-5-9-18(15)23(14)19(24)13-27-11-10-22-20(25)16-7-3-4-8-17(16)21(22)26/h2-9,14H,10-13H2,1H3/t14-/m1/s1. The van der Waals surface area contributed by atoms with Crippen LogP contribution in [0.15, 0.2) is 48.5 Å². The summed E-state index contributed by atoms with van der Waals surface area (Å²) in [4.78, 5) is 40.5. The third-order valence-electron chi connectivity index (χ3n) is 5.04. The molecule has 0 unspecified atom stereocenters. The second-order valence-corrected chi connectivity index (χ2v) is 7.91. The summed E-state index contributed by atoms with van der Waals surface area (Å²) >= 11 is 1.46. The smallest absolute Gasteiger partial charge is 0.261 e. The summed E-state index contributed by atoms with van der Waals surface area (Å²) in [6.45, 7) is 2.37. The average Bonchev–Trinajstić information content (AvgIpc) is 3.13. The lowest BCUT2D eigenvalue weighted by atomic mass is 10.1. The Morgan fingerprint density at radius 1 is 1.04 bits per heavy atom. The first-order chi connectivity index (χ1) is 13.1. The Morgan fingerprint density at radius 2 is 1.67 bits per heavy atom. The van der Waals surface area contributed by atoms with Gasteiger partial charge in [0, 0.05) is 24.0 Å². The van der Waals surface area contributed by atoms with Crippen molar-refractivity contribution in [2.75, 3.05) is 23.0 Å². The molecular weight excluding hydrogens is 360 g/mol. The van der Waals surface area contributed by atoms with Gasteiger partial charge < -0.3 is 4.90 Å². The molecule has 5 nitrogen and oxygen atoms in total. The number of benzene rings is 2. The van der Waals surface area contributed by atoms with Crippen LogP contribution in [0.5, 0.6) is 0 Å². The summed E-state index contributed by atoms with van der Waals surface area (Å²) in [6, 6.07) is 15.0. The van der Waals surface area contributed by atoms with Crippen molar-refractivity contribution in [3.05, 3.63) is 65.2 Å². The number of hydrogen-bond donors (Lipinski definition) is 0. The minimum atomic E-state index is -0.246. The molecular formula is C21H20N2O3S. The number of para-hydroxylation sites is 1. The van der Waals surface area contributed by atoms with Crippen LogP contribution in [0, 0.1) is 0 Å². The van der Waals surface area contributed by atoms with E-state index in [0.29, 0.717) is 29.2 Å².